The second kappa shape index (κ2) is 4.47. The Morgan fingerprint density at radius 2 is 1.95 bits per heavy atom. The maximum absolute atomic E-state index is 12.8. The predicted octanol–water partition coefficient (Wildman–Crippen LogP) is 3.92. The van der Waals surface area contributed by atoms with Crippen LogP contribution in [-0.2, 0) is 4.79 Å². The lowest BCUT2D eigenvalue weighted by Crippen LogP contribution is -2.29. The van der Waals surface area contributed by atoms with Crippen molar-refractivity contribution in [2.24, 2.45) is 23.2 Å². The van der Waals surface area contributed by atoms with Crippen LogP contribution >= 0.6 is 0 Å². The van der Waals surface area contributed by atoms with Gasteiger partial charge in [-0.2, -0.15) is 0 Å². The molecule has 1 aromatic carbocycles. The highest BCUT2D eigenvalue weighted by atomic mass is 16.1. The van der Waals surface area contributed by atoms with Gasteiger partial charge >= 0.3 is 0 Å². The monoisotopic (exact) mass is 269 g/mol. The quantitative estimate of drug-likeness (QED) is 0.653. The fourth-order valence-corrected chi connectivity index (χ4v) is 4.50. The van der Waals surface area contributed by atoms with Gasteiger partial charge in [0.25, 0.3) is 0 Å². The van der Waals surface area contributed by atoms with Crippen LogP contribution in [0.2, 0.25) is 0 Å². The number of nitrogen functional groups attached to an aromatic ring is 1. The molecule has 2 fully saturated rings. The van der Waals surface area contributed by atoms with Crippen LogP contribution in [0.5, 0.6) is 0 Å². The Morgan fingerprint density at radius 1 is 1.30 bits per heavy atom. The summed E-state index contributed by atoms with van der Waals surface area (Å²) in [5, 5.41) is 0. The molecule has 0 amide bonds. The smallest absolute Gasteiger partial charge is 0.165 e. The van der Waals surface area contributed by atoms with E-state index < -0.39 is 0 Å². The molecule has 3 unspecified atom stereocenters. The van der Waals surface area contributed by atoms with E-state index in [1.54, 1.807) is 0 Å². The molecule has 20 heavy (non-hydrogen) atoms. The molecule has 2 saturated carbocycles. The van der Waals surface area contributed by atoms with Gasteiger partial charge in [0.1, 0.15) is 0 Å². The Hall–Kier alpha value is -1.57. The summed E-state index contributed by atoms with van der Waals surface area (Å²) in [4.78, 5) is 12.8. The molecule has 0 radical (unpaired) electrons. The Labute approximate surface area is 121 Å². The van der Waals surface area contributed by atoms with Crippen molar-refractivity contribution in [2.45, 2.75) is 33.6 Å². The van der Waals surface area contributed by atoms with Gasteiger partial charge in [0, 0.05) is 11.1 Å². The van der Waals surface area contributed by atoms with Gasteiger partial charge in [-0.1, -0.05) is 32.9 Å². The SMILES string of the molecule is CC(C)C1C2CCC1(C)C(=O)/C2=C\c1ccc(N)cc1. The third-order valence-electron chi connectivity index (χ3n) is 5.30. The van der Waals surface area contributed by atoms with E-state index in [0.29, 0.717) is 23.5 Å². The number of rotatable bonds is 2. The van der Waals surface area contributed by atoms with Gasteiger partial charge in [0.05, 0.1) is 0 Å². The van der Waals surface area contributed by atoms with E-state index in [4.69, 9.17) is 5.73 Å². The molecule has 2 nitrogen and oxygen atoms in total. The minimum Gasteiger partial charge on any atom is -0.399 e. The molecular weight excluding hydrogens is 246 g/mol. The summed E-state index contributed by atoms with van der Waals surface area (Å²) in [6.07, 6.45) is 4.30. The summed E-state index contributed by atoms with van der Waals surface area (Å²) in [6.45, 7) is 6.67. The highest BCUT2D eigenvalue weighted by molar-refractivity contribution is 6.07. The third kappa shape index (κ3) is 1.81. The molecule has 0 aromatic heterocycles. The van der Waals surface area contributed by atoms with Gasteiger partial charge < -0.3 is 5.73 Å². The molecule has 2 N–H and O–H groups in total. The van der Waals surface area contributed by atoms with Crippen LogP contribution < -0.4 is 5.73 Å². The number of anilines is 1. The number of carbonyl (C=O) groups is 1. The second-order valence-electron chi connectivity index (χ2n) is 6.93. The molecule has 2 aliphatic carbocycles. The van der Waals surface area contributed by atoms with Gasteiger partial charge in [-0.15, -0.1) is 0 Å². The zero-order valence-corrected chi connectivity index (χ0v) is 12.5. The lowest BCUT2D eigenvalue weighted by molar-refractivity contribution is -0.124. The Morgan fingerprint density at radius 3 is 2.50 bits per heavy atom. The number of hydrogen-bond donors (Lipinski definition) is 1. The number of nitrogens with two attached hydrogens (primary N) is 1. The maximum atomic E-state index is 12.8. The number of allylic oxidation sites excluding steroid dienone is 1. The predicted molar refractivity (Wildman–Crippen MR) is 83.0 cm³/mol. The number of carbonyl (C=O) groups excluding carboxylic acids is 1. The van der Waals surface area contributed by atoms with Crippen LogP contribution in [0.15, 0.2) is 29.8 Å². The van der Waals surface area contributed by atoms with Crippen LogP contribution in [0.1, 0.15) is 39.2 Å². The first-order valence-corrected chi connectivity index (χ1v) is 7.55. The van der Waals surface area contributed by atoms with E-state index in [2.05, 4.69) is 26.8 Å². The van der Waals surface area contributed by atoms with E-state index in [9.17, 15) is 4.79 Å². The highest BCUT2D eigenvalue weighted by Gasteiger charge is 2.59. The molecule has 2 aliphatic rings. The number of Topliss-reactive ketones (excluding diaryl/α,β-unsaturated/α-hetero) is 1. The molecule has 106 valence electrons. The van der Waals surface area contributed by atoms with Gasteiger partial charge in [0.15, 0.2) is 5.78 Å². The van der Waals surface area contributed by atoms with Gasteiger partial charge in [-0.05, 0) is 59.9 Å². The van der Waals surface area contributed by atoms with Crippen molar-refractivity contribution in [2.75, 3.05) is 5.73 Å². The zero-order valence-electron chi connectivity index (χ0n) is 12.5. The number of ketones is 1. The van der Waals surface area contributed by atoms with Crippen molar-refractivity contribution in [3.63, 3.8) is 0 Å². The molecule has 0 spiro atoms. The summed E-state index contributed by atoms with van der Waals surface area (Å²) in [5.41, 5.74) is 8.48. The molecule has 2 heteroatoms. The zero-order chi connectivity index (χ0) is 14.5. The average Bonchev–Trinajstić information content (AvgIpc) is 2.84. The number of hydrogen-bond acceptors (Lipinski definition) is 2. The van der Waals surface area contributed by atoms with E-state index in [-0.39, 0.29) is 5.41 Å². The summed E-state index contributed by atoms with van der Waals surface area (Å²) in [7, 11) is 0. The van der Waals surface area contributed by atoms with Crippen molar-refractivity contribution in [1.82, 2.24) is 0 Å². The fraction of sp³-hybridized carbons (Fsp3) is 0.500. The third-order valence-corrected chi connectivity index (χ3v) is 5.30. The first-order valence-electron chi connectivity index (χ1n) is 7.55. The van der Waals surface area contributed by atoms with Crippen LogP contribution in [0, 0.1) is 23.2 Å². The normalized spacial score (nSPS) is 34.4. The molecule has 1 aromatic rings. The molecule has 0 heterocycles. The summed E-state index contributed by atoms with van der Waals surface area (Å²) in [6, 6.07) is 7.78. The Kier molecular flexibility index (Phi) is 3.00. The summed E-state index contributed by atoms with van der Waals surface area (Å²) in [5.74, 6) is 1.90. The minimum atomic E-state index is -0.127. The molecule has 3 rings (SSSR count). The van der Waals surface area contributed by atoms with Crippen LogP contribution in [-0.4, -0.2) is 5.78 Å². The molecule has 2 bridgehead atoms. The first-order chi connectivity index (χ1) is 9.43. The summed E-state index contributed by atoms with van der Waals surface area (Å²) >= 11 is 0. The Bertz CT molecular complexity index is 570. The van der Waals surface area contributed by atoms with Crippen molar-refractivity contribution < 1.29 is 4.79 Å². The van der Waals surface area contributed by atoms with Gasteiger partial charge in [0.2, 0.25) is 0 Å². The molecule has 0 aliphatic heterocycles. The van der Waals surface area contributed by atoms with E-state index in [1.807, 2.05) is 24.3 Å². The second-order valence-corrected chi connectivity index (χ2v) is 6.93. The highest BCUT2D eigenvalue weighted by Crippen LogP contribution is 2.61. The molecule has 0 saturated heterocycles. The van der Waals surface area contributed by atoms with Crippen molar-refractivity contribution in [3.8, 4) is 0 Å². The lowest BCUT2D eigenvalue weighted by atomic mass is 9.75. The minimum absolute atomic E-state index is 0.127. The van der Waals surface area contributed by atoms with E-state index in [0.717, 1.165) is 29.7 Å². The van der Waals surface area contributed by atoms with E-state index in [1.165, 1.54) is 0 Å². The first kappa shape index (κ1) is 13.4. The van der Waals surface area contributed by atoms with Gasteiger partial charge in [-0.25, -0.2) is 0 Å². The van der Waals surface area contributed by atoms with Crippen molar-refractivity contribution >= 4 is 17.5 Å². The largest absolute Gasteiger partial charge is 0.399 e. The standard InChI is InChI=1S/C18H23NO/c1-11(2)16-14-8-9-18(16,3)17(20)15(14)10-12-4-6-13(19)7-5-12/h4-7,10-11,14,16H,8-9,19H2,1-3H3/b15-10-. The van der Waals surface area contributed by atoms with Crippen molar-refractivity contribution in [1.29, 1.82) is 0 Å². The summed E-state index contributed by atoms with van der Waals surface area (Å²) < 4.78 is 0. The molecule has 3 atom stereocenters. The lowest BCUT2D eigenvalue weighted by Gasteiger charge is -2.27. The van der Waals surface area contributed by atoms with Crippen molar-refractivity contribution in [3.05, 3.63) is 35.4 Å². The van der Waals surface area contributed by atoms with Crippen LogP contribution in [0.25, 0.3) is 6.08 Å². The number of fused-ring (bicyclic) bond motifs is 2. The fourth-order valence-electron chi connectivity index (χ4n) is 4.50. The van der Waals surface area contributed by atoms with Crippen LogP contribution in [0.4, 0.5) is 5.69 Å². The Balaban J connectivity index is 2.00. The number of benzene rings is 1. The van der Waals surface area contributed by atoms with Crippen LogP contribution in [0.3, 0.4) is 0 Å². The molecular formula is C18H23NO. The van der Waals surface area contributed by atoms with Gasteiger partial charge in [-0.3, -0.25) is 4.79 Å². The maximum Gasteiger partial charge on any atom is 0.165 e. The average molecular weight is 269 g/mol. The van der Waals surface area contributed by atoms with E-state index >= 15 is 0 Å². The topological polar surface area (TPSA) is 43.1 Å².